The molecule has 1 aliphatic rings. The number of anilines is 2. The number of fused-ring (bicyclic) bond motifs is 1. The van der Waals surface area contributed by atoms with Gasteiger partial charge in [0.05, 0.1) is 23.4 Å². The summed E-state index contributed by atoms with van der Waals surface area (Å²) >= 11 is 7.43. The SMILES string of the molecule is CC(NC(=O)c1ccc(Cl)cc1)C(=O)Nc1ccc2nc(N3CCOCC3)sc2c1. The van der Waals surface area contributed by atoms with Crippen LogP contribution in [0.25, 0.3) is 10.2 Å². The Labute approximate surface area is 183 Å². The molecule has 1 unspecified atom stereocenters. The van der Waals surface area contributed by atoms with E-state index < -0.39 is 6.04 Å². The van der Waals surface area contributed by atoms with Crippen LogP contribution in [0.3, 0.4) is 0 Å². The highest BCUT2D eigenvalue weighted by Crippen LogP contribution is 2.31. The monoisotopic (exact) mass is 444 g/mol. The minimum atomic E-state index is -0.700. The van der Waals surface area contributed by atoms with Gasteiger partial charge in [-0.25, -0.2) is 4.98 Å². The molecule has 156 valence electrons. The van der Waals surface area contributed by atoms with Crippen LogP contribution in [-0.4, -0.2) is 49.1 Å². The summed E-state index contributed by atoms with van der Waals surface area (Å²) < 4.78 is 6.39. The Morgan fingerprint density at radius 2 is 1.90 bits per heavy atom. The van der Waals surface area contributed by atoms with Gasteiger partial charge in [0.25, 0.3) is 5.91 Å². The summed E-state index contributed by atoms with van der Waals surface area (Å²) in [7, 11) is 0. The third-order valence-electron chi connectivity index (χ3n) is 4.77. The van der Waals surface area contributed by atoms with Crippen LogP contribution in [0.2, 0.25) is 5.02 Å². The Kier molecular flexibility index (Phi) is 6.17. The number of carbonyl (C=O) groups is 2. The lowest BCUT2D eigenvalue weighted by Crippen LogP contribution is -2.41. The Hall–Kier alpha value is -2.68. The maximum absolute atomic E-state index is 12.5. The number of aromatic nitrogens is 1. The average Bonchev–Trinajstić information content (AvgIpc) is 3.18. The van der Waals surface area contributed by atoms with Gasteiger partial charge in [0, 0.05) is 29.4 Å². The van der Waals surface area contributed by atoms with E-state index in [1.807, 2.05) is 18.2 Å². The normalized spacial score (nSPS) is 15.1. The third-order valence-corrected chi connectivity index (χ3v) is 6.10. The Morgan fingerprint density at radius 1 is 1.17 bits per heavy atom. The van der Waals surface area contributed by atoms with Crippen molar-refractivity contribution in [1.29, 1.82) is 0 Å². The molecule has 4 rings (SSSR count). The first-order valence-corrected chi connectivity index (χ1v) is 10.8. The summed E-state index contributed by atoms with van der Waals surface area (Å²) in [5.41, 5.74) is 2.00. The smallest absolute Gasteiger partial charge is 0.251 e. The van der Waals surface area contributed by atoms with E-state index in [-0.39, 0.29) is 11.8 Å². The van der Waals surface area contributed by atoms with Crippen molar-refractivity contribution in [3.63, 3.8) is 0 Å². The molecule has 0 radical (unpaired) electrons. The molecule has 9 heteroatoms. The van der Waals surface area contributed by atoms with Gasteiger partial charge < -0.3 is 20.3 Å². The van der Waals surface area contributed by atoms with Crippen LogP contribution in [0, 0.1) is 0 Å². The van der Waals surface area contributed by atoms with E-state index in [2.05, 4.69) is 20.5 Å². The maximum atomic E-state index is 12.5. The molecule has 1 aromatic heterocycles. The number of hydrogen-bond donors (Lipinski definition) is 2. The van der Waals surface area contributed by atoms with E-state index in [4.69, 9.17) is 16.3 Å². The lowest BCUT2D eigenvalue weighted by Gasteiger charge is -2.25. The van der Waals surface area contributed by atoms with Gasteiger partial charge in [-0.15, -0.1) is 0 Å². The van der Waals surface area contributed by atoms with Crippen LogP contribution >= 0.6 is 22.9 Å². The molecule has 1 fully saturated rings. The first-order chi connectivity index (χ1) is 14.5. The topological polar surface area (TPSA) is 83.6 Å². The minimum absolute atomic E-state index is 0.297. The number of benzene rings is 2. The Balaban J connectivity index is 1.40. The van der Waals surface area contributed by atoms with Crippen LogP contribution in [-0.2, 0) is 9.53 Å². The maximum Gasteiger partial charge on any atom is 0.251 e. The number of hydrogen-bond acceptors (Lipinski definition) is 6. The number of morpholine rings is 1. The molecular formula is C21H21ClN4O3S. The van der Waals surface area contributed by atoms with Gasteiger partial charge in [-0.1, -0.05) is 22.9 Å². The summed E-state index contributed by atoms with van der Waals surface area (Å²) in [6.07, 6.45) is 0. The first-order valence-electron chi connectivity index (χ1n) is 9.60. The first kappa shape index (κ1) is 20.6. The lowest BCUT2D eigenvalue weighted by atomic mass is 10.2. The van der Waals surface area contributed by atoms with Gasteiger partial charge in [0.2, 0.25) is 5.91 Å². The summed E-state index contributed by atoms with van der Waals surface area (Å²) in [4.78, 5) is 31.7. The summed E-state index contributed by atoms with van der Waals surface area (Å²) in [6, 6.07) is 11.4. The molecular weight excluding hydrogens is 424 g/mol. The number of carbonyl (C=O) groups excluding carboxylic acids is 2. The predicted octanol–water partition coefficient (Wildman–Crippen LogP) is 3.54. The lowest BCUT2D eigenvalue weighted by molar-refractivity contribution is -0.117. The largest absolute Gasteiger partial charge is 0.378 e. The van der Waals surface area contributed by atoms with Gasteiger partial charge in [-0.2, -0.15) is 0 Å². The fourth-order valence-corrected chi connectivity index (χ4v) is 4.26. The van der Waals surface area contributed by atoms with Gasteiger partial charge in [-0.05, 0) is 49.4 Å². The van der Waals surface area contributed by atoms with E-state index in [9.17, 15) is 9.59 Å². The van der Waals surface area contributed by atoms with Crippen LogP contribution in [0.1, 0.15) is 17.3 Å². The molecule has 0 bridgehead atoms. The number of nitrogens with zero attached hydrogens (tertiary/aromatic N) is 2. The molecule has 2 aromatic carbocycles. The van der Waals surface area contributed by atoms with E-state index >= 15 is 0 Å². The number of halogens is 1. The van der Waals surface area contributed by atoms with Crippen molar-refractivity contribution in [3.8, 4) is 0 Å². The minimum Gasteiger partial charge on any atom is -0.378 e. The van der Waals surface area contributed by atoms with Crippen molar-refractivity contribution < 1.29 is 14.3 Å². The summed E-state index contributed by atoms with van der Waals surface area (Å²) in [5, 5.41) is 7.06. The standard InChI is InChI=1S/C21H21ClN4O3S/c1-13(23-20(28)14-2-4-15(22)5-3-14)19(27)24-16-6-7-17-18(12-16)30-21(25-17)26-8-10-29-11-9-26/h2-7,12-13H,8-11H2,1H3,(H,23,28)(H,24,27). The molecule has 0 spiro atoms. The van der Waals surface area contributed by atoms with Gasteiger partial charge in [0.15, 0.2) is 5.13 Å². The zero-order chi connectivity index (χ0) is 21.1. The highest BCUT2D eigenvalue weighted by Gasteiger charge is 2.18. The van der Waals surface area contributed by atoms with Gasteiger partial charge in [0.1, 0.15) is 6.04 Å². The molecule has 1 atom stereocenters. The molecule has 2 N–H and O–H groups in total. The van der Waals surface area contributed by atoms with Crippen molar-refractivity contribution in [2.75, 3.05) is 36.5 Å². The second-order valence-electron chi connectivity index (χ2n) is 6.97. The number of nitrogens with one attached hydrogen (secondary N) is 2. The molecule has 7 nitrogen and oxygen atoms in total. The van der Waals surface area contributed by atoms with Gasteiger partial charge >= 0.3 is 0 Å². The van der Waals surface area contributed by atoms with E-state index in [0.29, 0.717) is 29.5 Å². The molecule has 0 saturated carbocycles. The number of thiazole rings is 1. The zero-order valence-electron chi connectivity index (χ0n) is 16.4. The predicted molar refractivity (Wildman–Crippen MR) is 120 cm³/mol. The fraction of sp³-hybridized carbons (Fsp3) is 0.286. The van der Waals surface area contributed by atoms with Crippen LogP contribution in [0.15, 0.2) is 42.5 Å². The van der Waals surface area contributed by atoms with E-state index in [1.165, 1.54) is 0 Å². The third kappa shape index (κ3) is 4.72. The van der Waals surface area contributed by atoms with Crippen molar-refractivity contribution in [1.82, 2.24) is 10.3 Å². The number of rotatable bonds is 5. The number of ether oxygens (including phenoxy) is 1. The van der Waals surface area contributed by atoms with Crippen molar-refractivity contribution >= 4 is 55.8 Å². The number of amides is 2. The fourth-order valence-electron chi connectivity index (χ4n) is 3.08. The Bertz CT molecular complexity index is 1060. The van der Waals surface area contributed by atoms with E-state index in [1.54, 1.807) is 42.5 Å². The molecule has 3 aromatic rings. The molecule has 2 heterocycles. The van der Waals surface area contributed by atoms with Crippen LogP contribution in [0.4, 0.5) is 10.8 Å². The molecule has 1 aliphatic heterocycles. The molecule has 2 amide bonds. The van der Waals surface area contributed by atoms with Crippen molar-refractivity contribution in [2.45, 2.75) is 13.0 Å². The van der Waals surface area contributed by atoms with Crippen LogP contribution < -0.4 is 15.5 Å². The van der Waals surface area contributed by atoms with E-state index in [0.717, 1.165) is 28.4 Å². The molecule has 0 aliphatic carbocycles. The average molecular weight is 445 g/mol. The van der Waals surface area contributed by atoms with Crippen LogP contribution in [0.5, 0.6) is 0 Å². The van der Waals surface area contributed by atoms with Crippen molar-refractivity contribution in [3.05, 3.63) is 53.1 Å². The summed E-state index contributed by atoms with van der Waals surface area (Å²) in [5.74, 6) is -0.628. The summed E-state index contributed by atoms with van der Waals surface area (Å²) in [6.45, 7) is 4.71. The zero-order valence-corrected chi connectivity index (χ0v) is 17.9. The molecule has 1 saturated heterocycles. The highest BCUT2D eigenvalue weighted by molar-refractivity contribution is 7.22. The molecule has 30 heavy (non-hydrogen) atoms. The second-order valence-corrected chi connectivity index (χ2v) is 8.42. The second kappa shape index (κ2) is 8.99. The van der Waals surface area contributed by atoms with Crippen molar-refractivity contribution in [2.24, 2.45) is 0 Å². The van der Waals surface area contributed by atoms with Gasteiger partial charge in [-0.3, -0.25) is 9.59 Å². The highest BCUT2D eigenvalue weighted by atomic mass is 35.5. The Morgan fingerprint density at radius 3 is 2.63 bits per heavy atom. The quantitative estimate of drug-likeness (QED) is 0.628.